The Hall–Kier alpha value is -1.95. The lowest BCUT2D eigenvalue weighted by atomic mass is 10.0. The monoisotopic (exact) mass is 647 g/mol. The highest BCUT2D eigenvalue weighted by molar-refractivity contribution is 14.1. The molecule has 0 bridgehead atoms. The minimum Gasteiger partial charge on any atom is -0.437 e. The van der Waals surface area contributed by atoms with Crippen LogP contribution < -0.4 is 9.62 Å². The molecule has 1 aromatic carbocycles. The summed E-state index contributed by atoms with van der Waals surface area (Å²) in [7, 11) is -4.82. The summed E-state index contributed by atoms with van der Waals surface area (Å²) in [6, 6.07) is 9.29. The molecule has 0 aliphatic rings. The minimum atomic E-state index is -3.67. The molecule has 0 saturated carbocycles. The lowest BCUT2D eigenvalue weighted by molar-refractivity contribution is 0.0964. The molecule has 3 aromatic rings. The van der Waals surface area contributed by atoms with Crippen molar-refractivity contribution in [3.05, 3.63) is 45.0 Å². The van der Waals surface area contributed by atoms with Crippen LogP contribution in [0.25, 0.3) is 22.4 Å². The Morgan fingerprint density at radius 1 is 1.25 bits per heavy atom. The maximum absolute atomic E-state index is 12.8. The van der Waals surface area contributed by atoms with Crippen molar-refractivity contribution in [1.29, 1.82) is 0 Å². The second-order valence-electron chi connectivity index (χ2n) is 8.60. The summed E-state index contributed by atoms with van der Waals surface area (Å²) in [5.41, 5.74) is 2.29. The van der Waals surface area contributed by atoms with Gasteiger partial charge in [0, 0.05) is 32.0 Å². The average molecular weight is 647 g/mol. The molecule has 0 aliphatic carbocycles. The maximum Gasteiger partial charge on any atom is 0.255 e. The summed E-state index contributed by atoms with van der Waals surface area (Å²) in [4.78, 5) is 17.4. The Labute approximate surface area is 225 Å². The van der Waals surface area contributed by atoms with Crippen LogP contribution in [0, 0.1) is 10.5 Å². The number of sulfonamides is 1. The molecule has 3 rings (SSSR count). The molecule has 2 heterocycles. The van der Waals surface area contributed by atoms with Crippen LogP contribution in [0.3, 0.4) is 0 Å². The fraction of sp³-hybridized carbons (Fsp3) is 0.417. The Kier molecular flexibility index (Phi) is 9.24. The van der Waals surface area contributed by atoms with Crippen LogP contribution in [0.5, 0.6) is 0 Å². The van der Waals surface area contributed by atoms with Crippen LogP contribution in [-0.2, 0) is 19.1 Å². The number of aryl methyl sites for hydroxylation is 1. The van der Waals surface area contributed by atoms with Gasteiger partial charge in [0.05, 0.1) is 27.4 Å². The number of hydrogen-bond acceptors (Lipinski definition) is 7. The molecular weight excluding hydrogens is 616 g/mol. The van der Waals surface area contributed by atoms with Gasteiger partial charge in [0.15, 0.2) is 13.2 Å². The van der Waals surface area contributed by atoms with E-state index < -0.39 is 17.4 Å². The molecular formula is C24H31IN3O6PS. The lowest BCUT2D eigenvalue weighted by Gasteiger charge is -2.22. The van der Waals surface area contributed by atoms with E-state index in [4.69, 9.17) is 8.94 Å². The van der Waals surface area contributed by atoms with Crippen molar-refractivity contribution in [3.8, 4) is 11.3 Å². The molecule has 1 atom stereocenters. The molecule has 0 fully saturated rings. The first kappa shape index (κ1) is 28.6. The lowest BCUT2D eigenvalue weighted by Crippen LogP contribution is -2.32. The van der Waals surface area contributed by atoms with Crippen molar-refractivity contribution in [2.75, 3.05) is 43.6 Å². The number of nitrogens with zero attached hydrogens (tertiary/aromatic N) is 2. The Morgan fingerprint density at radius 3 is 2.50 bits per heavy atom. The van der Waals surface area contributed by atoms with Crippen molar-refractivity contribution in [3.63, 3.8) is 0 Å². The second-order valence-corrected chi connectivity index (χ2v) is 14.4. The molecule has 0 aliphatic heterocycles. The molecule has 0 saturated heterocycles. The smallest absolute Gasteiger partial charge is 0.255 e. The SMILES string of the molecule is CCOP(C)(=O)CCCCN(c1nc2oc(-c3ccc(C)cc3)c(C(=O)NC)c2cc1I)S(C)(=O)=O. The maximum atomic E-state index is 12.8. The first-order valence-corrected chi connectivity index (χ1v) is 16.7. The van der Waals surface area contributed by atoms with Gasteiger partial charge in [-0.1, -0.05) is 29.8 Å². The standard InChI is InChI=1S/C24H31IN3O6PS/c1-6-33-35(4,30)14-8-7-13-28(36(5,31)32)22-19(25)15-18-20(23(29)26-3)21(34-24(18)27-22)17-11-9-16(2)10-12-17/h9-12,15H,6-8,13-14H2,1-5H3,(H,26,29). The number of furan rings is 1. The van der Waals surface area contributed by atoms with Crippen LogP contribution >= 0.6 is 30.0 Å². The van der Waals surface area contributed by atoms with Gasteiger partial charge >= 0.3 is 0 Å². The molecule has 12 heteroatoms. The molecule has 0 radical (unpaired) electrons. The van der Waals surface area contributed by atoms with E-state index in [-0.39, 0.29) is 24.0 Å². The van der Waals surface area contributed by atoms with Crippen LogP contribution in [0.1, 0.15) is 35.7 Å². The number of benzene rings is 1. The first-order chi connectivity index (χ1) is 16.9. The summed E-state index contributed by atoms with van der Waals surface area (Å²) in [6.07, 6.45) is 2.51. The molecule has 9 nitrogen and oxygen atoms in total. The van der Waals surface area contributed by atoms with Crippen LogP contribution in [0.2, 0.25) is 0 Å². The minimum absolute atomic E-state index is 0.160. The van der Waals surface area contributed by atoms with Gasteiger partial charge in [-0.15, -0.1) is 0 Å². The molecule has 0 spiro atoms. The number of unbranched alkanes of at least 4 members (excludes halogenated alkanes) is 1. The van der Waals surface area contributed by atoms with E-state index in [9.17, 15) is 17.8 Å². The van der Waals surface area contributed by atoms with Gasteiger partial charge in [0.2, 0.25) is 15.7 Å². The van der Waals surface area contributed by atoms with E-state index in [2.05, 4.69) is 10.3 Å². The number of halogens is 1. The van der Waals surface area contributed by atoms with E-state index in [0.717, 1.165) is 11.8 Å². The number of aromatic nitrogens is 1. The quantitative estimate of drug-likeness (QED) is 0.171. The molecule has 2 aromatic heterocycles. The molecule has 1 amide bonds. The number of hydrogen-bond donors (Lipinski definition) is 1. The number of fused-ring (bicyclic) bond motifs is 1. The van der Waals surface area contributed by atoms with Crippen molar-refractivity contribution in [1.82, 2.24) is 10.3 Å². The van der Waals surface area contributed by atoms with Gasteiger partial charge in [0.25, 0.3) is 5.91 Å². The third kappa shape index (κ3) is 6.67. The fourth-order valence-corrected chi connectivity index (χ4v) is 7.12. The summed E-state index contributed by atoms with van der Waals surface area (Å²) in [5.74, 6) is 0.265. The topological polar surface area (TPSA) is 119 Å². The Balaban J connectivity index is 2.02. The van der Waals surface area contributed by atoms with E-state index >= 15 is 0 Å². The Morgan fingerprint density at radius 2 is 1.92 bits per heavy atom. The van der Waals surface area contributed by atoms with E-state index in [1.165, 1.54) is 4.31 Å². The number of carbonyl (C=O) groups is 1. The zero-order chi connectivity index (χ0) is 26.7. The van der Waals surface area contributed by atoms with Crippen molar-refractivity contribution in [2.45, 2.75) is 26.7 Å². The number of rotatable bonds is 11. The third-order valence-electron chi connectivity index (χ3n) is 5.60. The van der Waals surface area contributed by atoms with E-state index in [0.29, 0.717) is 51.5 Å². The first-order valence-electron chi connectivity index (χ1n) is 11.5. The van der Waals surface area contributed by atoms with Gasteiger partial charge in [-0.05, 0) is 55.3 Å². The van der Waals surface area contributed by atoms with Gasteiger partial charge < -0.3 is 14.3 Å². The Bertz CT molecular complexity index is 1410. The summed E-state index contributed by atoms with van der Waals surface area (Å²) < 4.78 is 50.9. The molecule has 1 N–H and O–H groups in total. The van der Waals surface area contributed by atoms with Crippen LogP contribution in [0.4, 0.5) is 5.82 Å². The number of carbonyl (C=O) groups excluding carboxylic acids is 1. The molecule has 1 unspecified atom stereocenters. The highest BCUT2D eigenvalue weighted by atomic mass is 127. The highest BCUT2D eigenvalue weighted by Gasteiger charge is 2.27. The summed E-state index contributed by atoms with van der Waals surface area (Å²) in [6.45, 7) is 5.88. The highest BCUT2D eigenvalue weighted by Crippen LogP contribution is 2.43. The normalized spacial score (nSPS) is 13.5. The molecule has 36 heavy (non-hydrogen) atoms. The summed E-state index contributed by atoms with van der Waals surface area (Å²) >= 11 is 2.02. The predicted molar refractivity (Wildman–Crippen MR) is 152 cm³/mol. The zero-order valence-corrected chi connectivity index (χ0v) is 24.9. The second kappa shape index (κ2) is 11.6. The van der Waals surface area contributed by atoms with Gasteiger partial charge in [0.1, 0.15) is 5.76 Å². The van der Waals surface area contributed by atoms with Crippen molar-refractivity contribution >= 4 is 62.8 Å². The van der Waals surface area contributed by atoms with Crippen molar-refractivity contribution in [2.24, 2.45) is 0 Å². The zero-order valence-electron chi connectivity index (χ0n) is 21.0. The third-order valence-corrected chi connectivity index (χ3v) is 9.48. The number of pyridine rings is 1. The van der Waals surface area contributed by atoms with E-state index in [1.807, 2.05) is 53.8 Å². The number of amides is 1. The fourth-order valence-electron chi connectivity index (χ4n) is 3.84. The number of anilines is 1. The predicted octanol–water partition coefficient (Wildman–Crippen LogP) is 5.26. The average Bonchev–Trinajstić information content (AvgIpc) is 3.16. The van der Waals surface area contributed by atoms with E-state index in [1.54, 1.807) is 26.7 Å². The number of nitrogens with one attached hydrogen (secondary N) is 1. The van der Waals surface area contributed by atoms with Gasteiger partial charge in [-0.2, -0.15) is 4.98 Å². The van der Waals surface area contributed by atoms with Crippen LogP contribution in [0.15, 0.2) is 34.7 Å². The molecule has 196 valence electrons. The van der Waals surface area contributed by atoms with Gasteiger partial charge in [-0.25, -0.2) is 8.42 Å². The van der Waals surface area contributed by atoms with Crippen LogP contribution in [-0.4, -0.2) is 58.6 Å². The largest absolute Gasteiger partial charge is 0.437 e. The summed E-state index contributed by atoms with van der Waals surface area (Å²) in [5, 5.41) is 3.14. The van der Waals surface area contributed by atoms with Crippen molar-refractivity contribution < 1.29 is 26.7 Å². The van der Waals surface area contributed by atoms with Gasteiger partial charge in [-0.3, -0.25) is 13.7 Å².